The molecule has 0 aromatic heterocycles. The molecule has 0 saturated carbocycles. The number of aromatic hydroxyl groups is 1. The van der Waals surface area contributed by atoms with Gasteiger partial charge in [-0.05, 0) is 37.7 Å². The minimum Gasteiger partial charge on any atom is -0.508 e. The molecule has 1 amide bonds. The predicted octanol–water partition coefficient (Wildman–Crippen LogP) is 1.14. The van der Waals surface area contributed by atoms with E-state index in [1.54, 1.807) is 12.1 Å². The normalized spacial score (nSPS) is 13.1. The van der Waals surface area contributed by atoms with Crippen molar-refractivity contribution in [3.63, 3.8) is 0 Å². The van der Waals surface area contributed by atoms with Crippen LogP contribution in [0.5, 0.6) is 5.75 Å². The summed E-state index contributed by atoms with van der Waals surface area (Å²) in [7, 11) is 3.75. The molecule has 0 bridgehead atoms. The van der Waals surface area contributed by atoms with E-state index in [1.165, 1.54) is 6.07 Å². The standard InChI is InChI=1S/C21H27N3O4/c1-24(2)13-16-10-15(8-9-19(16)25)12-18(21(27)28)23-20(26)17(22)11-14-6-4-3-5-7-14/h3-10,17-18,25H,11-13,22H2,1-2H3,(H,23,26)(H,27,28)/t17-,18-/m0/s1. The van der Waals surface area contributed by atoms with Crippen molar-refractivity contribution in [2.75, 3.05) is 14.1 Å². The topological polar surface area (TPSA) is 116 Å². The number of nitrogens with two attached hydrogens (primary N) is 1. The van der Waals surface area contributed by atoms with Crippen LogP contribution in [0.15, 0.2) is 48.5 Å². The van der Waals surface area contributed by atoms with Gasteiger partial charge in [-0.2, -0.15) is 0 Å². The van der Waals surface area contributed by atoms with Gasteiger partial charge >= 0.3 is 5.97 Å². The average molecular weight is 385 g/mol. The molecule has 0 aliphatic carbocycles. The first kappa shape index (κ1) is 21.4. The fourth-order valence-electron chi connectivity index (χ4n) is 2.91. The van der Waals surface area contributed by atoms with Crippen molar-refractivity contribution in [2.45, 2.75) is 31.5 Å². The van der Waals surface area contributed by atoms with Crippen molar-refractivity contribution in [1.29, 1.82) is 0 Å². The van der Waals surface area contributed by atoms with Crippen LogP contribution in [0.25, 0.3) is 0 Å². The predicted molar refractivity (Wildman–Crippen MR) is 107 cm³/mol. The van der Waals surface area contributed by atoms with Crippen molar-refractivity contribution in [2.24, 2.45) is 5.73 Å². The number of nitrogens with zero attached hydrogens (tertiary/aromatic N) is 1. The molecule has 0 aliphatic rings. The van der Waals surface area contributed by atoms with Crippen LogP contribution in [0.3, 0.4) is 0 Å². The zero-order chi connectivity index (χ0) is 20.7. The number of phenols is 1. The molecule has 2 rings (SSSR count). The third-order valence-electron chi connectivity index (χ3n) is 4.32. The van der Waals surface area contributed by atoms with Crippen molar-refractivity contribution in [3.8, 4) is 5.75 Å². The molecular formula is C21H27N3O4. The highest BCUT2D eigenvalue weighted by Crippen LogP contribution is 2.20. The third-order valence-corrected chi connectivity index (χ3v) is 4.32. The van der Waals surface area contributed by atoms with E-state index in [0.29, 0.717) is 24.1 Å². The molecule has 2 aromatic carbocycles. The molecule has 150 valence electrons. The quantitative estimate of drug-likeness (QED) is 0.514. The first-order valence-corrected chi connectivity index (χ1v) is 9.04. The Kier molecular flexibility index (Phi) is 7.54. The molecule has 0 saturated heterocycles. The number of carbonyl (C=O) groups is 2. The van der Waals surface area contributed by atoms with Crippen molar-refractivity contribution < 1.29 is 19.8 Å². The smallest absolute Gasteiger partial charge is 0.326 e. The Morgan fingerprint density at radius 3 is 2.36 bits per heavy atom. The monoisotopic (exact) mass is 385 g/mol. The molecule has 0 unspecified atom stereocenters. The maximum absolute atomic E-state index is 12.4. The van der Waals surface area contributed by atoms with Gasteiger partial charge in [-0.15, -0.1) is 0 Å². The molecule has 0 fully saturated rings. The zero-order valence-electron chi connectivity index (χ0n) is 16.1. The zero-order valence-corrected chi connectivity index (χ0v) is 16.1. The van der Waals surface area contributed by atoms with Crippen LogP contribution < -0.4 is 11.1 Å². The lowest BCUT2D eigenvalue weighted by atomic mass is 10.0. The molecule has 7 heteroatoms. The summed E-state index contributed by atoms with van der Waals surface area (Å²) >= 11 is 0. The molecule has 7 nitrogen and oxygen atoms in total. The highest BCUT2D eigenvalue weighted by molar-refractivity contribution is 5.87. The number of hydrogen-bond acceptors (Lipinski definition) is 5. The van der Waals surface area contributed by atoms with E-state index in [-0.39, 0.29) is 12.2 Å². The van der Waals surface area contributed by atoms with Gasteiger partial charge in [0.05, 0.1) is 6.04 Å². The van der Waals surface area contributed by atoms with Gasteiger partial charge < -0.3 is 26.2 Å². The van der Waals surface area contributed by atoms with Gasteiger partial charge in [0.1, 0.15) is 11.8 Å². The largest absolute Gasteiger partial charge is 0.508 e. The second-order valence-corrected chi connectivity index (χ2v) is 7.10. The van der Waals surface area contributed by atoms with Crippen molar-refractivity contribution in [3.05, 3.63) is 65.2 Å². The molecule has 2 aromatic rings. The maximum Gasteiger partial charge on any atom is 0.326 e. The lowest BCUT2D eigenvalue weighted by Crippen LogP contribution is -2.50. The van der Waals surface area contributed by atoms with Crippen LogP contribution in [0.1, 0.15) is 16.7 Å². The Labute approximate surface area is 164 Å². The molecule has 0 heterocycles. The van der Waals surface area contributed by atoms with Crippen molar-refractivity contribution in [1.82, 2.24) is 10.2 Å². The second-order valence-electron chi connectivity index (χ2n) is 7.10. The summed E-state index contributed by atoms with van der Waals surface area (Å²) in [6, 6.07) is 12.3. The van der Waals surface area contributed by atoms with E-state index in [4.69, 9.17) is 5.73 Å². The number of nitrogens with one attached hydrogen (secondary N) is 1. The Morgan fingerprint density at radius 1 is 1.07 bits per heavy atom. The van der Waals surface area contributed by atoms with Gasteiger partial charge in [-0.3, -0.25) is 4.79 Å². The van der Waals surface area contributed by atoms with Gasteiger partial charge in [0.25, 0.3) is 0 Å². The minimum absolute atomic E-state index is 0.0971. The molecule has 0 radical (unpaired) electrons. The molecule has 2 atom stereocenters. The lowest BCUT2D eigenvalue weighted by Gasteiger charge is -2.19. The molecule has 28 heavy (non-hydrogen) atoms. The lowest BCUT2D eigenvalue weighted by molar-refractivity contribution is -0.141. The number of hydrogen-bond donors (Lipinski definition) is 4. The Morgan fingerprint density at radius 2 is 1.75 bits per heavy atom. The summed E-state index contributed by atoms with van der Waals surface area (Å²) in [5, 5.41) is 22.0. The Balaban J connectivity index is 2.05. The molecular weight excluding hydrogens is 358 g/mol. The maximum atomic E-state index is 12.4. The van der Waals surface area contributed by atoms with Crippen molar-refractivity contribution >= 4 is 11.9 Å². The number of amides is 1. The van der Waals surface area contributed by atoms with E-state index < -0.39 is 24.0 Å². The second kappa shape index (κ2) is 9.87. The van der Waals surface area contributed by atoms with Gasteiger partial charge in [0, 0.05) is 18.5 Å². The van der Waals surface area contributed by atoms with Gasteiger partial charge in [0.15, 0.2) is 0 Å². The number of aliphatic carboxylic acids is 1. The van der Waals surface area contributed by atoms with Crippen LogP contribution in [-0.4, -0.2) is 53.2 Å². The average Bonchev–Trinajstić information content (AvgIpc) is 2.64. The van der Waals surface area contributed by atoms with E-state index in [1.807, 2.05) is 49.3 Å². The summed E-state index contributed by atoms with van der Waals surface area (Å²) in [6.07, 6.45) is 0.422. The van der Waals surface area contributed by atoms with Crippen LogP contribution in [0, 0.1) is 0 Å². The Bertz CT molecular complexity index is 809. The summed E-state index contributed by atoms with van der Waals surface area (Å²) in [5.74, 6) is -1.50. The summed E-state index contributed by atoms with van der Waals surface area (Å²) in [4.78, 5) is 25.9. The summed E-state index contributed by atoms with van der Waals surface area (Å²) in [5.41, 5.74) is 8.25. The van der Waals surface area contributed by atoms with Gasteiger partial charge in [-0.1, -0.05) is 42.5 Å². The van der Waals surface area contributed by atoms with Gasteiger partial charge in [-0.25, -0.2) is 4.79 Å². The molecule has 5 N–H and O–H groups in total. The SMILES string of the molecule is CN(C)Cc1cc(C[C@H](NC(=O)[C@@H](N)Cc2ccccc2)C(=O)O)ccc1O. The number of carboxylic acids is 1. The van der Waals surface area contributed by atoms with Crippen LogP contribution in [0.2, 0.25) is 0 Å². The van der Waals surface area contributed by atoms with Crippen LogP contribution in [-0.2, 0) is 29.0 Å². The fraction of sp³-hybridized carbons (Fsp3) is 0.333. The first-order chi connectivity index (χ1) is 13.3. The van der Waals surface area contributed by atoms with Crippen LogP contribution in [0.4, 0.5) is 0 Å². The van der Waals surface area contributed by atoms with Crippen LogP contribution >= 0.6 is 0 Å². The number of carbonyl (C=O) groups excluding carboxylic acids is 1. The first-order valence-electron chi connectivity index (χ1n) is 9.04. The summed E-state index contributed by atoms with van der Waals surface area (Å²) < 4.78 is 0. The number of carboxylic acid groups (broad SMARTS) is 1. The fourth-order valence-corrected chi connectivity index (χ4v) is 2.91. The van der Waals surface area contributed by atoms with E-state index in [9.17, 15) is 19.8 Å². The third kappa shape index (κ3) is 6.37. The van der Waals surface area contributed by atoms with Gasteiger partial charge in [0.2, 0.25) is 5.91 Å². The highest BCUT2D eigenvalue weighted by Gasteiger charge is 2.24. The Hall–Kier alpha value is -2.90. The molecule has 0 spiro atoms. The summed E-state index contributed by atoms with van der Waals surface area (Å²) in [6.45, 7) is 0.520. The number of benzene rings is 2. The van der Waals surface area contributed by atoms with E-state index >= 15 is 0 Å². The van der Waals surface area contributed by atoms with E-state index in [2.05, 4.69) is 5.32 Å². The number of rotatable bonds is 9. The van der Waals surface area contributed by atoms with E-state index in [0.717, 1.165) is 5.56 Å². The number of phenolic OH excluding ortho intramolecular Hbond substituents is 1. The minimum atomic E-state index is -1.14. The highest BCUT2D eigenvalue weighted by atomic mass is 16.4. The molecule has 0 aliphatic heterocycles.